The summed E-state index contributed by atoms with van der Waals surface area (Å²) in [5, 5.41) is 10.8. The van der Waals surface area contributed by atoms with E-state index < -0.39 is 11.0 Å². The molecule has 1 aliphatic carbocycles. The maximum Gasteiger partial charge on any atom is 0.269 e. The summed E-state index contributed by atoms with van der Waals surface area (Å²) in [7, 11) is 0. The van der Waals surface area contributed by atoms with E-state index in [1.54, 1.807) is 16.4 Å². The number of fused-ring (bicyclic) bond motifs is 1. The van der Waals surface area contributed by atoms with Crippen LogP contribution < -0.4 is 0 Å². The number of aldehydes is 1. The Morgan fingerprint density at radius 2 is 2.13 bits per heavy atom. The number of ketones is 1. The van der Waals surface area contributed by atoms with Crippen molar-refractivity contribution in [3.05, 3.63) is 39.4 Å². The number of Topliss-reactive ketones (excluding diaryl/α,β-unsaturated/α-hetero) is 1. The van der Waals surface area contributed by atoms with Crippen molar-refractivity contribution in [3.8, 4) is 0 Å². The summed E-state index contributed by atoms with van der Waals surface area (Å²) in [6.07, 6.45) is 3.33. The van der Waals surface area contributed by atoms with E-state index in [0.29, 0.717) is 25.8 Å². The van der Waals surface area contributed by atoms with Gasteiger partial charge in [0, 0.05) is 31.0 Å². The molecule has 0 aromatic heterocycles. The summed E-state index contributed by atoms with van der Waals surface area (Å²) >= 11 is 4.23. The van der Waals surface area contributed by atoms with Crippen LogP contribution in [0.4, 0.5) is 5.69 Å². The summed E-state index contributed by atoms with van der Waals surface area (Å²) in [4.78, 5) is 34.1. The third kappa shape index (κ3) is 3.16. The molecule has 0 radical (unpaired) electrons. The molecule has 1 aromatic rings. The van der Waals surface area contributed by atoms with Crippen LogP contribution in [0.5, 0.6) is 0 Å². The maximum absolute atomic E-state index is 12.5. The van der Waals surface area contributed by atoms with Crippen LogP contribution in [-0.4, -0.2) is 33.9 Å². The minimum absolute atomic E-state index is 0.0956. The zero-order valence-corrected chi connectivity index (χ0v) is 13.4. The zero-order chi connectivity index (χ0) is 16.6. The van der Waals surface area contributed by atoms with Gasteiger partial charge in [-0.3, -0.25) is 14.9 Å². The topological polar surface area (TPSA) is 80.5 Å². The highest BCUT2D eigenvalue weighted by molar-refractivity contribution is 7.77. The van der Waals surface area contributed by atoms with E-state index in [4.69, 9.17) is 0 Å². The van der Waals surface area contributed by atoms with Gasteiger partial charge in [0.05, 0.1) is 11.0 Å². The maximum atomic E-state index is 12.5. The predicted molar refractivity (Wildman–Crippen MR) is 87.3 cm³/mol. The second-order valence-electron chi connectivity index (χ2n) is 6.34. The third-order valence-corrected chi connectivity index (χ3v) is 5.35. The summed E-state index contributed by atoms with van der Waals surface area (Å²) in [6.45, 7) is 0.639. The Bertz CT molecular complexity index is 663. The summed E-state index contributed by atoms with van der Waals surface area (Å²) < 4.78 is 1.63. The van der Waals surface area contributed by atoms with Gasteiger partial charge in [-0.2, -0.15) is 0 Å². The average molecular weight is 334 g/mol. The minimum Gasteiger partial charge on any atom is -0.302 e. The number of carbonyl (C=O) groups is 2. The van der Waals surface area contributed by atoms with Gasteiger partial charge in [0.1, 0.15) is 12.1 Å². The first-order valence-electron chi connectivity index (χ1n) is 7.69. The van der Waals surface area contributed by atoms with Gasteiger partial charge in [-0.15, -0.1) is 0 Å². The van der Waals surface area contributed by atoms with Crippen molar-refractivity contribution in [1.29, 1.82) is 0 Å². The van der Waals surface area contributed by atoms with Gasteiger partial charge in [-0.25, -0.2) is 4.31 Å². The number of hydrogen-bond donors (Lipinski definition) is 1. The van der Waals surface area contributed by atoms with Gasteiger partial charge in [0.25, 0.3) is 5.69 Å². The fourth-order valence-electron chi connectivity index (χ4n) is 3.70. The molecule has 3 rings (SSSR count). The lowest BCUT2D eigenvalue weighted by molar-refractivity contribution is -0.384. The van der Waals surface area contributed by atoms with Crippen molar-refractivity contribution in [2.45, 2.75) is 31.7 Å². The lowest BCUT2D eigenvalue weighted by atomic mass is 9.88. The Labute approximate surface area is 139 Å². The molecule has 1 fully saturated rings. The van der Waals surface area contributed by atoms with Gasteiger partial charge >= 0.3 is 0 Å². The van der Waals surface area contributed by atoms with Gasteiger partial charge < -0.3 is 4.79 Å². The van der Waals surface area contributed by atoms with E-state index in [1.165, 1.54) is 6.07 Å². The predicted octanol–water partition coefficient (Wildman–Crippen LogP) is 2.00. The van der Waals surface area contributed by atoms with E-state index in [2.05, 4.69) is 12.8 Å². The third-order valence-electron chi connectivity index (χ3n) is 4.89. The first-order chi connectivity index (χ1) is 11.0. The molecule has 1 heterocycles. The highest BCUT2D eigenvalue weighted by atomic mass is 32.1. The van der Waals surface area contributed by atoms with E-state index in [9.17, 15) is 19.7 Å². The zero-order valence-electron chi connectivity index (χ0n) is 12.6. The molecule has 0 spiro atoms. The van der Waals surface area contributed by atoms with E-state index >= 15 is 0 Å². The molecule has 122 valence electrons. The normalized spacial score (nSPS) is 26.9. The molecular formula is C16H18N2O4S. The molecule has 1 aromatic carbocycles. The number of nitro groups is 1. The number of carbonyl (C=O) groups excluding carboxylic acids is 2. The molecule has 0 bridgehead atoms. The molecule has 0 saturated carbocycles. The van der Waals surface area contributed by atoms with E-state index in [1.807, 2.05) is 0 Å². The number of non-ortho nitro benzene ring substituents is 1. The quantitative estimate of drug-likeness (QED) is 0.385. The fraction of sp³-hybridized carbons (Fsp3) is 0.500. The number of nitro benzene ring substituents is 1. The van der Waals surface area contributed by atoms with Crippen molar-refractivity contribution >= 4 is 30.6 Å². The van der Waals surface area contributed by atoms with Gasteiger partial charge in [-0.1, -0.05) is 18.9 Å². The van der Waals surface area contributed by atoms with Crippen LogP contribution in [0.3, 0.4) is 0 Å². The molecule has 0 amide bonds. The van der Waals surface area contributed by atoms with Gasteiger partial charge in [0.2, 0.25) is 0 Å². The first kappa shape index (κ1) is 16.1. The first-order valence-corrected chi connectivity index (χ1v) is 8.09. The molecule has 1 saturated heterocycles. The fourth-order valence-corrected chi connectivity index (χ4v) is 4.04. The number of rotatable bonds is 5. The molecule has 0 N–H and O–H groups in total. The van der Waals surface area contributed by atoms with Crippen molar-refractivity contribution < 1.29 is 14.5 Å². The minimum atomic E-state index is -0.435. The molecular weight excluding hydrogens is 316 g/mol. The van der Waals surface area contributed by atoms with Crippen molar-refractivity contribution in [3.63, 3.8) is 0 Å². The Morgan fingerprint density at radius 1 is 1.39 bits per heavy atom. The summed E-state index contributed by atoms with van der Waals surface area (Å²) in [5.74, 6) is -0.00484. The monoisotopic (exact) mass is 334 g/mol. The SMILES string of the molecule is O=C[C@H]1C(C(=O)CC2Cc3ccc([N+](=O)[O-])cc3C2)CCN1S. The lowest BCUT2D eigenvalue weighted by Crippen LogP contribution is -2.32. The number of hydrogen-bond acceptors (Lipinski definition) is 6. The largest absolute Gasteiger partial charge is 0.302 e. The van der Waals surface area contributed by atoms with Crippen LogP contribution in [0.1, 0.15) is 24.0 Å². The molecule has 2 aliphatic rings. The van der Waals surface area contributed by atoms with E-state index in [-0.39, 0.29) is 23.3 Å². The van der Waals surface area contributed by atoms with Crippen LogP contribution >= 0.6 is 12.8 Å². The molecule has 6 nitrogen and oxygen atoms in total. The van der Waals surface area contributed by atoms with Crippen LogP contribution in [0, 0.1) is 22.0 Å². The Morgan fingerprint density at radius 3 is 2.83 bits per heavy atom. The van der Waals surface area contributed by atoms with Crippen LogP contribution in [0.25, 0.3) is 0 Å². The second kappa shape index (κ2) is 6.41. The number of nitrogens with zero attached hydrogens (tertiary/aromatic N) is 2. The smallest absolute Gasteiger partial charge is 0.269 e. The highest BCUT2D eigenvalue weighted by Gasteiger charge is 2.38. The molecule has 7 heteroatoms. The lowest BCUT2D eigenvalue weighted by Gasteiger charge is -2.18. The van der Waals surface area contributed by atoms with Crippen LogP contribution in [0.15, 0.2) is 18.2 Å². The summed E-state index contributed by atoms with van der Waals surface area (Å²) in [5.41, 5.74) is 2.15. The molecule has 23 heavy (non-hydrogen) atoms. The van der Waals surface area contributed by atoms with Gasteiger partial charge in [-0.05, 0) is 36.3 Å². The molecule has 2 unspecified atom stereocenters. The number of thiol groups is 1. The number of benzene rings is 1. The van der Waals surface area contributed by atoms with Crippen LogP contribution in [-0.2, 0) is 22.4 Å². The van der Waals surface area contributed by atoms with Crippen molar-refractivity contribution in [2.75, 3.05) is 6.54 Å². The highest BCUT2D eigenvalue weighted by Crippen LogP contribution is 2.34. The Hall–Kier alpha value is -1.73. The Kier molecular flexibility index (Phi) is 4.50. The van der Waals surface area contributed by atoms with Crippen molar-refractivity contribution in [2.24, 2.45) is 11.8 Å². The second-order valence-corrected chi connectivity index (χ2v) is 6.85. The van der Waals surface area contributed by atoms with Gasteiger partial charge in [0.15, 0.2) is 0 Å². The van der Waals surface area contributed by atoms with Crippen LogP contribution in [0.2, 0.25) is 0 Å². The molecule has 3 atom stereocenters. The molecule has 1 aliphatic heterocycles. The Balaban J connectivity index is 1.65. The van der Waals surface area contributed by atoms with Crippen molar-refractivity contribution in [1.82, 2.24) is 4.31 Å². The standard InChI is InChI=1S/C16H18N2O4S/c19-9-15-14(3-4-17(15)23)16(20)7-10-5-11-1-2-13(18(21)22)8-12(11)6-10/h1-2,8-10,14-15,23H,3-7H2/t10?,14?,15-/m0/s1. The summed E-state index contributed by atoms with van der Waals surface area (Å²) in [6, 6.07) is 4.48. The average Bonchev–Trinajstić information content (AvgIpc) is 3.08. The van der Waals surface area contributed by atoms with E-state index in [0.717, 1.165) is 23.8 Å².